The molecule has 0 atom stereocenters. The second-order valence-electron chi connectivity index (χ2n) is 9.21. The molecule has 1 aliphatic rings. The van der Waals surface area contributed by atoms with Crippen LogP contribution in [0.5, 0.6) is 0 Å². The molecular formula is C32H28N4O4. The van der Waals surface area contributed by atoms with Gasteiger partial charge in [-0.1, -0.05) is 48.5 Å². The summed E-state index contributed by atoms with van der Waals surface area (Å²) >= 11 is 0. The van der Waals surface area contributed by atoms with Gasteiger partial charge in [-0.15, -0.1) is 0 Å². The summed E-state index contributed by atoms with van der Waals surface area (Å²) in [5, 5.41) is 8.01. The zero-order valence-electron chi connectivity index (χ0n) is 22.2. The molecule has 0 radical (unpaired) electrons. The Balaban J connectivity index is 1.31. The summed E-state index contributed by atoms with van der Waals surface area (Å²) in [4.78, 5) is 48.0. The fourth-order valence-electron chi connectivity index (χ4n) is 4.01. The number of nitrogens with one attached hydrogen (secondary N) is 2. The fraction of sp³-hybridized carbons (Fsp3) is 0.125. The molecule has 0 fully saturated rings. The van der Waals surface area contributed by atoms with Gasteiger partial charge in [0.15, 0.2) is 11.6 Å². The first-order valence-corrected chi connectivity index (χ1v) is 12.7. The van der Waals surface area contributed by atoms with Gasteiger partial charge in [0, 0.05) is 22.3 Å². The van der Waals surface area contributed by atoms with Crippen LogP contribution in [0.2, 0.25) is 0 Å². The Morgan fingerprint density at radius 3 is 1.82 bits per heavy atom. The lowest BCUT2D eigenvalue weighted by Crippen LogP contribution is -2.17. The predicted molar refractivity (Wildman–Crippen MR) is 155 cm³/mol. The molecule has 2 N–H and O–H groups in total. The van der Waals surface area contributed by atoms with Crippen molar-refractivity contribution in [1.82, 2.24) is 10.9 Å². The second kappa shape index (κ2) is 13.0. The Labute approximate surface area is 232 Å². The lowest BCUT2D eigenvalue weighted by molar-refractivity contribution is -0.113. The van der Waals surface area contributed by atoms with Gasteiger partial charge < -0.3 is 0 Å². The highest BCUT2D eigenvalue weighted by Crippen LogP contribution is 2.21. The van der Waals surface area contributed by atoms with Crippen LogP contribution in [0.3, 0.4) is 0 Å². The first kappa shape index (κ1) is 27.8. The molecule has 1 aliphatic carbocycles. The van der Waals surface area contributed by atoms with E-state index in [1.165, 1.54) is 20.1 Å². The number of rotatable bonds is 9. The van der Waals surface area contributed by atoms with Crippen LogP contribution in [0.1, 0.15) is 63.3 Å². The van der Waals surface area contributed by atoms with Gasteiger partial charge in [0.05, 0.1) is 12.4 Å². The van der Waals surface area contributed by atoms with E-state index in [0.29, 0.717) is 27.8 Å². The molecule has 0 saturated carbocycles. The third-order valence-electron chi connectivity index (χ3n) is 6.24. The van der Waals surface area contributed by atoms with E-state index in [1.807, 2.05) is 30.3 Å². The van der Waals surface area contributed by atoms with Crippen LogP contribution in [-0.4, -0.2) is 35.8 Å². The summed E-state index contributed by atoms with van der Waals surface area (Å²) in [7, 11) is 0. The molecule has 0 saturated heterocycles. The maximum Gasteiger partial charge on any atom is 0.271 e. The minimum atomic E-state index is -0.365. The first-order chi connectivity index (χ1) is 19.3. The first-order valence-electron chi connectivity index (χ1n) is 12.7. The fourth-order valence-corrected chi connectivity index (χ4v) is 4.01. The lowest BCUT2D eigenvalue weighted by atomic mass is 9.98. The number of carbonyl (C=O) groups excluding carboxylic acids is 4. The summed E-state index contributed by atoms with van der Waals surface area (Å²) in [6.45, 7) is 3.02. The SMILES string of the molecule is CC(=O)C1=CCCC(/C=N/NC(=O)c2ccc(-c3ccc(C(=O)N/N=C/c4cccc(C(C)=O)c4)cc3)cc2)=C1. The standard InChI is InChI=1S/C32H28N4O4/c1-21(37)29-7-3-5-23(17-29)19-33-35-31(39)27-13-9-25(10-14-27)26-11-15-28(16-12-26)32(40)36-34-20-24-6-4-8-30(18-24)22(2)38/h3,5,7-20H,4,6H2,1-2H3,(H,35,39)(H,36,40)/b33-19+,34-20+. The Hall–Kier alpha value is -5.24. The molecule has 0 bridgehead atoms. The zero-order chi connectivity index (χ0) is 28.5. The van der Waals surface area contributed by atoms with Crippen molar-refractivity contribution >= 4 is 35.8 Å². The summed E-state index contributed by atoms with van der Waals surface area (Å²) in [5.74, 6) is -0.748. The summed E-state index contributed by atoms with van der Waals surface area (Å²) in [6.07, 6.45) is 8.26. The van der Waals surface area contributed by atoms with Gasteiger partial charge in [0.2, 0.25) is 0 Å². The highest BCUT2D eigenvalue weighted by Gasteiger charge is 2.09. The van der Waals surface area contributed by atoms with Crippen LogP contribution in [0.25, 0.3) is 11.1 Å². The Kier molecular flexibility index (Phi) is 9.04. The van der Waals surface area contributed by atoms with E-state index < -0.39 is 0 Å². The number of hydrogen-bond acceptors (Lipinski definition) is 6. The summed E-state index contributed by atoms with van der Waals surface area (Å²) in [5.41, 5.74) is 10.5. The topological polar surface area (TPSA) is 117 Å². The number of ketones is 2. The van der Waals surface area contributed by atoms with E-state index in [-0.39, 0.29) is 23.4 Å². The van der Waals surface area contributed by atoms with E-state index in [1.54, 1.807) is 60.8 Å². The Bertz CT molecular complexity index is 1560. The molecule has 2 amide bonds. The molecular weight excluding hydrogens is 504 g/mol. The molecule has 40 heavy (non-hydrogen) atoms. The monoisotopic (exact) mass is 532 g/mol. The van der Waals surface area contributed by atoms with Gasteiger partial charge in [-0.2, -0.15) is 10.2 Å². The Morgan fingerprint density at radius 2 is 1.27 bits per heavy atom. The number of nitrogens with zero attached hydrogens (tertiary/aromatic N) is 2. The molecule has 3 aromatic carbocycles. The van der Waals surface area contributed by atoms with E-state index in [9.17, 15) is 19.2 Å². The average molecular weight is 533 g/mol. The van der Waals surface area contributed by atoms with Crippen LogP contribution in [0.4, 0.5) is 0 Å². The Morgan fingerprint density at radius 1 is 0.700 bits per heavy atom. The molecule has 0 spiro atoms. The van der Waals surface area contributed by atoms with Crippen molar-refractivity contribution in [3.05, 3.63) is 118 Å². The van der Waals surface area contributed by atoms with Crippen LogP contribution >= 0.6 is 0 Å². The third kappa shape index (κ3) is 7.41. The minimum absolute atomic E-state index is 0.00604. The average Bonchev–Trinajstić information content (AvgIpc) is 2.97. The lowest BCUT2D eigenvalue weighted by Gasteiger charge is -2.08. The number of allylic oxidation sites excluding steroid dienone is 4. The summed E-state index contributed by atoms with van der Waals surface area (Å²) in [6, 6.07) is 21.0. The predicted octanol–water partition coefficient (Wildman–Crippen LogP) is 5.27. The maximum atomic E-state index is 12.5. The van der Waals surface area contributed by atoms with Gasteiger partial charge in [0.1, 0.15) is 0 Å². The number of amides is 2. The number of hydrazone groups is 2. The molecule has 0 heterocycles. The van der Waals surface area contributed by atoms with Gasteiger partial charge in [-0.3, -0.25) is 19.2 Å². The molecule has 4 rings (SSSR count). The van der Waals surface area contributed by atoms with Crippen molar-refractivity contribution in [1.29, 1.82) is 0 Å². The van der Waals surface area contributed by atoms with Crippen molar-refractivity contribution < 1.29 is 19.2 Å². The van der Waals surface area contributed by atoms with Crippen molar-refractivity contribution in [3.63, 3.8) is 0 Å². The zero-order valence-corrected chi connectivity index (χ0v) is 22.2. The molecule has 0 aliphatic heterocycles. The smallest absolute Gasteiger partial charge is 0.271 e. The van der Waals surface area contributed by atoms with Crippen LogP contribution in [0, 0.1) is 0 Å². The molecule has 8 nitrogen and oxygen atoms in total. The summed E-state index contributed by atoms with van der Waals surface area (Å²) < 4.78 is 0. The van der Waals surface area contributed by atoms with E-state index in [4.69, 9.17) is 0 Å². The van der Waals surface area contributed by atoms with Gasteiger partial charge >= 0.3 is 0 Å². The highest BCUT2D eigenvalue weighted by molar-refractivity contribution is 5.99. The van der Waals surface area contributed by atoms with Gasteiger partial charge in [-0.05, 0) is 85.4 Å². The molecule has 200 valence electrons. The minimum Gasteiger partial charge on any atom is -0.295 e. The van der Waals surface area contributed by atoms with Gasteiger partial charge in [-0.25, -0.2) is 10.9 Å². The van der Waals surface area contributed by atoms with E-state index >= 15 is 0 Å². The number of benzene rings is 3. The van der Waals surface area contributed by atoms with Crippen molar-refractivity contribution in [2.45, 2.75) is 26.7 Å². The normalized spacial score (nSPS) is 13.1. The maximum absolute atomic E-state index is 12.5. The number of hydrogen-bond donors (Lipinski definition) is 2. The van der Waals surface area contributed by atoms with Crippen molar-refractivity contribution in [2.24, 2.45) is 10.2 Å². The number of carbonyl (C=O) groups is 4. The van der Waals surface area contributed by atoms with Crippen LogP contribution in [-0.2, 0) is 4.79 Å². The van der Waals surface area contributed by atoms with E-state index in [2.05, 4.69) is 21.1 Å². The molecule has 3 aromatic rings. The third-order valence-corrected chi connectivity index (χ3v) is 6.24. The quantitative estimate of drug-likeness (QED) is 0.222. The largest absolute Gasteiger partial charge is 0.295 e. The van der Waals surface area contributed by atoms with E-state index in [0.717, 1.165) is 29.5 Å². The highest BCUT2D eigenvalue weighted by atomic mass is 16.2. The van der Waals surface area contributed by atoms with Crippen molar-refractivity contribution in [2.75, 3.05) is 0 Å². The molecule has 8 heteroatoms. The molecule has 0 aromatic heterocycles. The van der Waals surface area contributed by atoms with Gasteiger partial charge in [0.25, 0.3) is 11.8 Å². The molecule has 0 unspecified atom stereocenters. The van der Waals surface area contributed by atoms with Crippen LogP contribution in [0.15, 0.2) is 106 Å². The second-order valence-corrected chi connectivity index (χ2v) is 9.21. The van der Waals surface area contributed by atoms with Crippen molar-refractivity contribution in [3.8, 4) is 11.1 Å². The van der Waals surface area contributed by atoms with Crippen LogP contribution < -0.4 is 10.9 Å². The number of Topliss-reactive ketones (excluding diaryl/α,β-unsaturated/α-hetero) is 2.